The Morgan fingerprint density at radius 2 is 2.05 bits per heavy atom. The van der Waals surface area contributed by atoms with Crippen molar-refractivity contribution in [3.05, 3.63) is 24.3 Å². The third-order valence-electron chi connectivity index (χ3n) is 3.72. The Hall–Kier alpha value is -1.88. The second-order valence-electron chi connectivity index (χ2n) is 5.00. The molecule has 3 rings (SSSR count). The van der Waals surface area contributed by atoms with E-state index in [4.69, 9.17) is 15.5 Å². The second-order valence-corrected chi connectivity index (χ2v) is 5.00. The van der Waals surface area contributed by atoms with Crippen molar-refractivity contribution in [2.45, 2.75) is 25.8 Å². The van der Waals surface area contributed by atoms with Crippen molar-refractivity contribution in [3.8, 4) is 5.88 Å². The number of benzene rings is 1. The number of para-hydroxylation sites is 2. The monoisotopic (exact) mass is 272 g/mol. The molecule has 20 heavy (non-hydrogen) atoms. The van der Waals surface area contributed by atoms with Crippen LogP contribution in [-0.2, 0) is 0 Å². The molecule has 106 valence electrons. The van der Waals surface area contributed by atoms with Gasteiger partial charge in [0.2, 0.25) is 0 Å². The highest BCUT2D eigenvalue weighted by molar-refractivity contribution is 5.77. The van der Waals surface area contributed by atoms with E-state index in [0.717, 1.165) is 36.2 Å². The average Bonchev–Trinajstić information content (AvgIpc) is 2.95. The third kappa shape index (κ3) is 2.29. The van der Waals surface area contributed by atoms with Gasteiger partial charge in [0.25, 0.3) is 5.88 Å². The van der Waals surface area contributed by atoms with E-state index >= 15 is 0 Å². The first-order valence-electron chi connectivity index (χ1n) is 7.19. The molecule has 0 saturated carbocycles. The van der Waals surface area contributed by atoms with Gasteiger partial charge in [-0.1, -0.05) is 12.1 Å². The van der Waals surface area contributed by atoms with Gasteiger partial charge in [-0.2, -0.15) is 0 Å². The Kier molecular flexibility index (Phi) is 3.69. The Balaban J connectivity index is 2.09. The van der Waals surface area contributed by atoms with Crippen LogP contribution >= 0.6 is 0 Å². The van der Waals surface area contributed by atoms with Gasteiger partial charge in [0, 0.05) is 19.1 Å². The molecule has 1 atom stereocenters. The summed E-state index contributed by atoms with van der Waals surface area (Å²) in [6.07, 6.45) is 2.25. The summed E-state index contributed by atoms with van der Waals surface area (Å²) in [4.78, 5) is 11.6. The number of ether oxygens (including phenoxy) is 1. The molecule has 0 unspecified atom stereocenters. The van der Waals surface area contributed by atoms with Crippen LogP contribution in [0.15, 0.2) is 24.3 Å². The minimum Gasteiger partial charge on any atom is -0.475 e. The van der Waals surface area contributed by atoms with E-state index in [1.165, 1.54) is 0 Å². The molecule has 0 radical (unpaired) electrons. The maximum atomic E-state index is 5.87. The molecule has 0 spiro atoms. The molecule has 1 aliphatic heterocycles. The van der Waals surface area contributed by atoms with Crippen LogP contribution in [0.5, 0.6) is 5.88 Å². The van der Waals surface area contributed by atoms with Crippen molar-refractivity contribution in [2.24, 2.45) is 5.73 Å². The number of nitrogens with two attached hydrogens (primary N) is 1. The molecule has 2 aromatic rings. The summed E-state index contributed by atoms with van der Waals surface area (Å²) in [5, 5.41) is 0. The maximum absolute atomic E-state index is 5.87. The predicted molar refractivity (Wildman–Crippen MR) is 80.1 cm³/mol. The summed E-state index contributed by atoms with van der Waals surface area (Å²) in [5.41, 5.74) is 7.63. The van der Waals surface area contributed by atoms with Gasteiger partial charge in [0.15, 0.2) is 5.82 Å². The SMILES string of the molecule is CCOc1nc2ccccc2nc1N1CCC[C@@H]1CN. The number of anilines is 1. The first-order valence-corrected chi connectivity index (χ1v) is 7.19. The fourth-order valence-electron chi connectivity index (χ4n) is 2.75. The molecular weight excluding hydrogens is 252 g/mol. The van der Waals surface area contributed by atoms with Gasteiger partial charge in [-0.05, 0) is 31.9 Å². The molecule has 1 saturated heterocycles. The van der Waals surface area contributed by atoms with Crippen LogP contribution in [0.3, 0.4) is 0 Å². The lowest BCUT2D eigenvalue weighted by molar-refractivity contribution is 0.326. The molecule has 1 aromatic carbocycles. The summed E-state index contributed by atoms with van der Waals surface area (Å²) in [7, 11) is 0. The highest BCUT2D eigenvalue weighted by atomic mass is 16.5. The number of hydrogen-bond donors (Lipinski definition) is 1. The zero-order chi connectivity index (χ0) is 13.9. The maximum Gasteiger partial charge on any atom is 0.258 e. The summed E-state index contributed by atoms with van der Waals surface area (Å²) >= 11 is 0. The highest BCUT2D eigenvalue weighted by Crippen LogP contribution is 2.32. The van der Waals surface area contributed by atoms with Gasteiger partial charge in [0.05, 0.1) is 17.6 Å². The second kappa shape index (κ2) is 5.63. The van der Waals surface area contributed by atoms with Crippen molar-refractivity contribution in [3.63, 3.8) is 0 Å². The minimum absolute atomic E-state index is 0.338. The topological polar surface area (TPSA) is 64.3 Å². The lowest BCUT2D eigenvalue weighted by Crippen LogP contribution is -2.36. The van der Waals surface area contributed by atoms with E-state index in [2.05, 4.69) is 9.88 Å². The molecule has 0 amide bonds. The van der Waals surface area contributed by atoms with Gasteiger partial charge < -0.3 is 15.4 Å². The quantitative estimate of drug-likeness (QED) is 0.921. The minimum atomic E-state index is 0.338. The largest absolute Gasteiger partial charge is 0.475 e. The smallest absolute Gasteiger partial charge is 0.258 e. The number of aromatic nitrogens is 2. The molecule has 5 heteroatoms. The van der Waals surface area contributed by atoms with Crippen LogP contribution in [0, 0.1) is 0 Å². The van der Waals surface area contributed by atoms with Crippen LogP contribution in [0.2, 0.25) is 0 Å². The molecule has 5 nitrogen and oxygen atoms in total. The Morgan fingerprint density at radius 1 is 1.30 bits per heavy atom. The highest BCUT2D eigenvalue weighted by Gasteiger charge is 2.28. The Morgan fingerprint density at radius 3 is 2.75 bits per heavy atom. The van der Waals surface area contributed by atoms with Crippen LogP contribution in [0.4, 0.5) is 5.82 Å². The van der Waals surface area contributed by atoms with Crippen molar-refractivity contribution in [1.29, 1.82) is 0 Å². The van der Waals surface area contributed by atoms with Gasteiger partial charge in [0.1, 0.15) is 0 Å². The molecule has 0 bridgehead atoms. The zero-order valence-corrected chi connectivity index (χ0v) is 11.7. The van der Waals surface area contributed by atoms with Crippen molar-refractivity contribution in [2.75, 3.05) is 24.6 Å². The van der Waals surface area contributed by atoms with Crippen LogP contribution in [0.1, 0.15) is 19.8 Å². The molecule has 1 aliphatic rings. The van der Waals surface area contributed by atoms with E-state index in [9.17, 15) is 0 Å². The van der Waals surface area contributed by atoms with Crippen molar-refractivity contribution >= 4 is 16.9 Å². The molecule has 1 aromatic heterocycles. The number of hydrogen-bond acceptors (Lipinski definition) is 5. The lowest BCUT2D eigenvalue weighted by Gasteiger charge is -2.26. The van der Waals surface area contributed by atoms with Crippen molar-refractivity contribution < 1.29 is 4.74 Å². The van der Waals surface area contributed by atoms with Crippen LogP contribution in [-0.4, -0.2) is 35.7 Å². The Bertz CT molecular complexity index is 601. The summed E-state index contributed by atoms with van der Waals surface area (Å²) in [5.74, 6) is 1.45. The average molecular weight is 272 g/mol. The molecule has 2 heterocycles. The predicted octanol–water partition coefficient (Wildman–Crippen LogP) is 1.96. The zero-order valence-electron chi connectivity index (χ0n) is 11.7. The fourth-order valence-corrected chi connectivity index (χ4v) is 2.75. The molecule has 2 N–H and O–H groups in total. The van der Waals surface area contributed by atoms with Gasteiger partial charge in [-0.3, -0.25) is 0 Å². The van der Waals surface area contributed by atoms with E-state index in [1.54, 1.807) is 0 Å². The fraction of sp³-hybridized carbons (Fsp3) is 0.467. The molecule has 1 fully saturated rings. The van der Waals surface area contributed by atoms with Gasteiger partial charge in [-0.15, -0.1) is 0 Å². The summed E-state index contributed by atoms with van der Waals surface area (Å²) < 4.78 is 5.69. The summed E-state index contributed by atoms with van der Waals surface area (Å²) in [6.45, 7) is 4.15. The van der Waals surface area contributed by atoms with E-state index in [-0.39, 0.29) is 0 Å². The molecule has 0 aliphatic carbocycles. The first kappa shape index (κ1) is 13.1. The van der Waals surface area contributed by atoms with Crippen LogP contribution < -0.4 is 15.4 Å². The lowest BCUT2D eigenvalue weighted by atomic mass is 10.2. The molecular formula is C15H20N4O. The van der Waals surface area contributed by atoms with Crippen molar-refractivity contribution in [1.82, 2.24) is 9.97 Å². The van der Waals surface area contributed by atoms with E-state index < -0.39 is 0 Å². The Labute approximate surface area is 118 Å². The summed E-state index contributed by atoms with van der Waals surface area (Å²) in [6, 6.07) is 8.22. The standard InChI is InChI=1S/C15H20N4O/c1-2-20-15-14(19-9-5-6-11(19)10-16)17-12-7-3-4-8-13(12)18-15/h3-4,7-8,11H,2,5-6,9-10,16H2,1H3/t11-/m1/s1. The normalized spacial score (nSPS) is 18.7. The van der Waals surface area contributed by atoms with E-state index in [1.807, 2.05) is 31.2 Å². The van der Waals surface area contributed by atoms with E-state index in [0.29, 0.717) is 25.1 Å². The first-order chi connectivity index (χ1) is 9.83. The number of fused-ring (bicyclic) bond motifs is 1. The third-order valence-corrected chi connectivity index (χ3v) is 3.72. The number of rotatable bonds is 4. The van der Waals surface area contributed by atoms with Crippen LogP contribution in [0.25, 0.3) is 11.0 Å². The van der Waals surface area contributed by atoms with Gasteiger partial charge in [-0.25, -0.2) is 9.97 Å². The van der Waals surface area contributed by atoms with Gasteiger partial charge >= 0.3 is 0 Å². The number of nitrogens with zero attached hydrogens (tertiary/aromatic N) is 3.